The molecule has 2 N–H and O–H groups in total. The van der Waals surface area contributed by atoms with E-state index in [1.54, 1.807) is 0 Å². The van der Waals surface area contributed by atoms with Crippen molar-refractivity contribution in [2.45, 2.75) is 27.2 Å². The zero-order valence-corrected chi connectivity index (χ0v) is 14.6. The van der Waals surface area contributed by atoms with Gasteiger partial charge in [-0.2, -0.15) is 9.61 Å². The summed E-state index contributed by atoms with van der Waals surface area (Å²) < 4.78 is 6.89. The van der Waals surface area contributed by atoms with Crippen LogP contribution in [0.15, 0.2) is 36.7 Å². The Balaban J connectivity index is 1.96. The van der Waals surface area contributed by atoms with Crippen LogP contribution in [0.3, 0.4) is 0 Å². The van der Waals surface area contributed by atoms with Crippen LogP contribution < -0.4 is 5.73 Å². The van der Waals surface area contributed by atoms with Gasteiger partial charge in [0.25, 0.3) is 0 Å². The van der Waals surface area contributed by atoms with Crippen LogP contribution in [0.4, 0.5) is 5.95 Å². The molecule has 0 unspecified atom stereocenters. The Kier molecular flexibility index (Phi) is 4.39. The third-order valence-corrected chi connectivity index (χ3v) is 3.79. The summed E-state index contributed by atoms with van der Waals surface area (Å²) in [5, 5.41) is 4.11. The molecule has 0 spiro atoms. The van der Waals surface area contributed by atoms with E-state index >= 15 is 0 Å². The Morgan fingerprint density at radius 2 is 1.96 bits per heavy atom. The summed E-state index contributed by atoms with van der Waals surface area (Å²) in [6.45, 7) is 5.72. The van der Waals surface area contributed by atoms with Crippen molar-refractivity contribution in [3.63, 3.8) is 0 Å². The Bertz CT molecular complexity index is 897. The van der Waals surface area contributed by atoms with E-state index in [-0.39, 0.29) is 18.5 Å². The number of carbonyl (C=O) groups excluding carboxylic acids is 1. The zero-order valence-electron chi connectivity index (χ0n) is 14.6. The lowest BCUT2D eigenvalue weighted by atomic mass is 9.97. The Morgan fingerprint density at radius 3 is 2.64 bits per heavy atom. The van der Waals surface area contributed by atoms with Crippen LogP contribution in [-0.4, -0.2) is 32.2 Å². The number of nitrogen functional groups attached to an aromatic ring is 1. The van der Waals surface area contributed by atoms with Gasteiger partial charge >= 0.3 is 5.97 Å². The van der Waals surface area contributed by atoms with Crippen LogP contribution in [0.1, 0.15) is 26.3 Å². The van der Waals surface area contributed by atoms with Gasteiger partial charge in [0.1, 0.15) is 6.33 Å². The van der Waals surface area contributed by atoms with E-state index in [0.717, 1.165) is 16.8 Å². The third kappa shape index (κ3) is 3.45. The number of hydrogen-bond acceptors (Lipinski definition) is 6. The molecule has 25 heavy (non-hydrogen) atoms. The summed E-state index contributed by atoms with van der Waals surface area (Å²) >= 11 is 0. The lowest BCUT2D eigenvalue weighted by molar-refractivity contribution is -0.152. The molecule has 0 amide bonds. The van der Waals surface area contributed by atoms with Crippen molar-refractivity contribution in [3.8, 4) is 11.3 Å². The minimum absolute atomic E-state index is 0.240. The molecule has 0 aliphatic heterocycles. The summed E-state index contributed by atoms with van der Waals surface area (Å²) in [4.78, 5) is 20.8. The van der Waals surface area contributed by atoms with Crippen molar-refractivity contribution in [2.24, 2.45) is 5.41 Å². The van der Waals surface area contributed by atoms with Gasteiger partial charge in [0.05, 0.1) is 17.7 Å². The molecule has 0 saturated heterocycles. The maximum absolute atomic E-state index is 12.0. The average Bonchev–Trinajstić information content (AvgIpc) is 3.07. The van der Waals surface area contributed by atoms with E-state index in [0.29, 0.717) is 12.1 Å². The van der Waals surface area contributed by atoms with Crippen molar-refractivity contribution in [3.05, 3.63) is 42.2 Å². The highest BCUT2D eigenvalue weighted by atomic mass is 16.5. The number of benzene rings is 1. The normalized spacial score (nSPS) is 11.6. The van der Waals surface area contributed by atoms with Gasteiger partial charge < -0.3 is 10.5 Å². The van der Waals surface area contributed by atoms with Crippen LogP contribution in [0.2, 0.25) is 0 Å². The molecule has 0 aliphatic rings. The van der Waals surface area contributed by atoms with Crippen molar-refractivity contribution in [2.75, 3.05) is 12.3 Å². The molecule has 0 aliphatic carbocycles. The fraction of sp³-hybridized carbons (Fsp3) is 0.333. The number of ether oxygens (including phenoxy) is 1. The first kappa shape index (κ1) is 16.9. The Labute approximate surface area is 145 Å². The molecule has 3 rings (SSSR count). The SMILES string of the molecule is CC(C)(C)C(=O)OCCc1c(-c2ccccc2)nc(N)n2ncnc12. The number of hydrogen-bond donors (Lipinski definition) is 1. The lowest BCUT2D eigenvalue weighted by Gasteiger charge is -2.17. The molecule has 0 radical (unpaired) electrons. The number of aromatic nitrogens is 4. The molecular formula is C18H21N5O2. The molecule has 2 heterocycles. The number of anilines is 1. The zero-order chi connectivity index (χ0) is 18.0. The lowest BCUT2D eigenvalue weighted by Crippen LogP contribution is -2.24. The van der Waals surface area contributed by atoms with Crippen molar-refractivity contribution < 1.29 is 9.53 Å². The number of nitrogens with two attached hydrogens (primary N) is 1. The molecule has 7 heteroatoms. The average molecular weight is 339 g/mol. The van der Waals surface area contributed by atoms with Crippen molar-refractivity contribution in [1.29, 1.82) is 0 Å². The smallest absolute Gasteiger partial charge is 0.311 e. The predicted molar refractivity (Wildman–Crippen MR) is 94.7 cm³/mol. The van der Waals surface area contributed by atoms with Crippen molar-refractivity contribution in [1.82, 2.24) is 19.6 Å². The largest absolute Gasteiger partial charge is 0.465 e. The Morgan fingerprint density at radius 1 is 1.24 bits per heavy atom. The van der Waals surface area contributed by atoms with E-state index in [9.17, 15) is 4.79 Å². The van der Waals surface area contributed by atoms with Crippen LogP contribution in [-0.2, 0) is 16.0 Å². The number of nitrogens with zero attached hydrogens (tertiary/aromatic N) is 4. The summed E-state index contributed by atoms with van der Waals surface area (Å²) in [7, 11) is 0. The van der Waals surface area contributed by atoms with E-state index in [4.69, 9.17) is 10.5 Å². The third-order valence-electron chi connectivity index (χ3n) is 3.79. The monoisotopic (exact) mass is 339 g/mol. The van der Waals surface area contributed by atoms with E-state index in [1.165, 1.54) is 10.8 Å². The van der Waals surface area contributed by atoms with Gasteiger partial charge in [-0.3, -0.25) is 4.79 Å². The highest BCUT2D eigenvalue weighted by Gasteiger charge is 2.23. The summed E-state index contributed by atoms with van der Waals surface area (Å²) in [6.07, 6.45) is 1.91. The van der Waals surface area contributed by atoms with Gasteiger partial charge in [-0.05, 0) is 20.8 Å². The highest BCUT2D eigenvalue weighted by Crippen LogP contribution is 2.26. The van der Waals surface area contributed by atoms with Gasteiger partial charge in [-0.1, -0.05) is 30.3 Å². The maximum atomic E-state index is 12.0. The highest BCUT2D eigenvalue weighted by molar-refractivity contribution is 5.75. The predicted octanol–water partition coefficient (Wildman–Crippen LogP) is 2.51. The maximum Gasteiger partial charge on any atom is 0.311 e. The molecule has 3 aromatic rings. The molecule has 2 aromatic heterocycles. The van der Waals surface area contributed by atoms with Gasteiger partial charge in [0, 0.05) is 17.5 Å². The first-order chi connectivity index (χ1) is 11.9. The molecule has 130 valence electrons. The fourth-order valence-electron chi connectivity index (χ4n) is 2.48. The number of esters is 1. The molecule has 0 atom stereocenters. The second-order valence-corrected chi connectivity index (χ2v) is 6.79. The molecule has 1 aromatic carbocycles. The molecule has 7 nitrogen and oxygen atoms in total. The van der Waals surface area contributed by atoms with Gasteiger partial charge in [0.15, 0.2) is 5.65 Å². The van der Waals surface area contributed by atoms with Crippen LogP contribution >= 0.6 is 0 Å². The van der Waals surface area contributed by atoms with E-state index in [2.05, 4.69) is 15.1 Å². The van der Waals surface area contributed by atoms with Crippen molar-refractivity contribution >= 4 is 17.6 Å². The standard InChI is InChI=1S/C18H21N5O2/c1-18(2,3)16(24)25-10-9-13-14(12-7-5-4-6-8-12)22-17(19)23-15(13)20-11-21-23/h4-8,11H,9-10H2,1-3H3,(H2,19,22). The Hall–Kier alpha value is -2.96. The topological polar surface area (TPSA) is 95.4 Å². The molecular weight excluding hydrogens is 318 g/mol. The minimum atomic E-state index is -0.536. The quantitative estimate of drug-likeness (QED) is 0.734. The van der Waals surface area contributed by atoms with E-state index < -0.39 is 5.41 Å². The van der Waals surface area contributed by atoms with Crippen LogP contribution in [0.5, 0.6) is 0 Å². The molecule has 0 fully saturated rings. The molecule has 0 saturated carbocycles. The fourth-order valence-corrected chi connectivity index (χ4v) is 2.48. The van der Waals surface area contributed by atoms with Gasteiger partial charge in [-0.15, -0.1) is 0 Å². The second-order valence-electron chi connectivity index (χ2n) is 6.79. The van der Waals surface area contributed by atoms with E-state index in [1.807, 2.05) is 51.1 Å². The minimum Gasteiger partial charge on any atom is -0.465 e. The number of carbonyl (C=O) groups is 1. The first-order valence-corrected chi connectivity index (χ1v) is 8.08. The number of fused-ring (bicyclic) bond motifs is 1. The second kappa shape index (κ2) is 6.51. The van der Waals surface area contributed by atoms with Gasteiger partial charge in [-0.25, -0.2) is 9.97 Å². The summed E-state index contributed by atoms with van der Waals surface area (Å²) in [5.41, 5.74) is 8.59. The van der Waals surface area contributed by atoms with Crippen LogP contribution in [0, 0.1) is 5.41 Å². The summed E-state index contributed by atoms with van der Waals surface area (Å²) in [5.74, 6) is 0.0245. The summed E-state index contributed by atoms with van der Waals surface area (Å²) in [6, 6.07) is 9.72. The first-order valence-electron chi connectivity index (χ1n) is 8.08. The van der Waals surface area contributed by atoms with Crippen LogP contribution in [0.25, 0.3) is 16.9 Å². The molecule has 0 bridgehead atoms. The number of rotatable bonds is 4. The van der Waals surface area contributed by atoms with Gasteiger partial charge in [0.2, 0.25) is 5.95 Å².